The molecule has 0 N–H and O–H groups in total. The molecule has 0 saturated heterocycles. The lowest BCUT2D eigenvalue weighted by atomic mass is 9.87. The monoisotopic (exact) mass is 224 g/mol. The number of allylic oxidation sites excluding steroid dienone is 3. The molecule has 0 aromatic carbocycles. The molecule has 0 aromatic rings. The summed E-state index contributed by atoms with van der Waals surface area (Å²) in [5.41, 5.74) is 3.27. The van der Waals surface area contributed by atoms with Crippen LogP contribution in [0, 0.1) is 5.41 Å². The second-order valence-corrected chi connectivity index (χ2v) is 11.0. The summed E-state index contributed by atoms with van der Waals surface area (Å²) in [6.45, 7) is 13.1. The van der Waals surface area contributed by atoms with Gasteiger partial charge in [0.05, 0.1) is 8.07 Å². The topological polar surface area (TPSA) is 17.1 Å². The van der Waals surface area contributed by atoms with Gasteiger partial charge in [0.15, 0.2) is 0 Å². The maximum Gasteiger partial charge on any atom is 0.145 e. The van der Waals surface area contributed by atoms with Gasteiger partial charge in [-0.15, -0.1) is 0 Å². The zero-order valence-corrected chi connectivity index (χ0v) is 11.9. The Morgan fingerprint density at radius 1 is 1.27 bits per heavy atom. The molecule has 0 radical (unpaired) electrons. The van der Waals surface area contributed by atoms with Gasteiger partial charge in [-0.25, -0.2) is 0 Å². The summed E-state index contributed by atoms with van der Waals surface area (Å²) in [4.78, 5) is 10.5. The first-order valence-electron chi connectivity index (χ1n) is 5.49. The molecule has 86 valence electrons. The average Bonchev–Trinajstić information content (AvgIpc) is 2.00. The van der Waals surface area contributed by atoms with Crippen molar-refractivity contribution in [2.24, 2.45) is 5.41 Å². The molecular formula is C13H24OSi. The molecule has 0 amide bonds. The summed E-state index contributed by atoms with van der Waals surface area (Å²) in [5, 5.41) is 0. The molecule has 0 unspecified atom stereocenters. The van der Waals surface area contributed by atoms with Crippen molar-refractivity contribution in [1.82, 2.24) is 0 Å². The Balaban J connectivity index is 4.40. The zero-order chi connectivity index (χ0) is 12.1. The third-order valence-corrected chi connectivity index (χ3v) is 3.30. The van der Waals surface area contributed by atoms with Gasteiger partial charge in [-0.3, -0.25) is 4.79 Å². The highest BCUT2D eigenvalue weighted by atomic mass is 28.3. The van der Waals surface area contributed by atoms with Crippen LogP contribution in [0.25, 0.3) is 0 Å². The van der Waals surface area contributed by atoms with E-state index in [-0.39, 0.29) is 5.41 Å². The Hall–Kier alpha value is -0.633. The van der Waals surface area contributed by atoms with Crippen LogP contribution in [0.15, 0.2) is 23.4 Å². The van der Waals surface area contributed by atoms with Gasteiger partial charge in [-0.05, 0) is 24.3 Å². The molecule has 0 aliphatic carbocycles. The fraction of sp³-hybridized carbons (Fsp3) is 0.615. The van der Waals surface area contributed by atoms with E-state index >= 15 is 0 Å². The molecule has 0 aliphatic rings. The Bertz CT molecular complexity index is 267. The Morgan fingerprint density at radius 3 is 2.20 bits per heavy atom. The van der Waals surface area contributed by atoms with Crippen LogP contribution in [0.2, 0.25) is 19.6 Å². The van der Waals surface area contributed by atoms with E-state index in [1.807, 2.05) is 6.92 Å². The van der Waals surface area contributed by atoms with Crippen molar-refractivity contribution < 1.29 is 4.79 Å². The molecule has 2 heteroatoms. The van der Waals surface area contributed by atoms with Crippen LogP contribution in [0.5, 0.6) is 0 Å². The third kappa shape index (κ3) is 8.37. The van der Waals surface area contributed by atoms with Crippen LogP contribution in [0.4, 0.5) is 0 Å². The average molecular weight is 224 g/mol. The van der Waals surface area contributed by atoms with Gasteiger partial charge in [-0.2, -0.15) is 0 Å². The van der Waals surface area contributed by atoms with E-state index in [0.717, 1.165) is 18.3 Å². The molecule has 0 aliphatic heterocycles. The van der Waals surface area contributed by atoms with Gasteiger partial charge in [0.2, 0.25) is 0 Å². The lowest BCUT2D eigenvalue weighted by Crippen LogP contribution is -2.16. The van der Waals surface area contributed by atoms with Crippen molar-refractivity contribution in [3.05, 3.63) is 23.4 Å². The second-order valence-electron chi connectivity index (χ2n) is 5.97. The molecule has 0 atom stereocenters. The SMILES string of the molecule is C/C(C=O)=C\C(C)(C)C/C=C/[Si](C)(C)C. The fourth-order valence-electron chi connectivity index (χ4n) is 1.43. The third-order valence-electron chi connectivity index (χ3n) is 2.07. The number of hydrogen-bond donors (Lipinski definition) is 0. The van der Waals surface area contributed by atoms with Gasteiger partial charge in [0.25, 0.3) is 0 Å². The van der Waals surface area contributed by atoms with Crippen LogP contribution in [-0.4, -0.2) is 14.4 Å². The second kappa shape index (κ2) is 5.45. The number of hydrogen-bond acceptors (Lipinski definition) is 1. The summed E-state index contributed by atoms with van der Waals surface area (Å²) in [6.07, 6.45) is 6.24. The predicted molar refractivity (Wildman–Crippen MR) is 70.7 cm³/mol. The van der Waals surface area contributed by atoms with E-state index in [1.54, 1.807) is 0 Å². The van der Waals surface area contributed by atoms with Crippen molar-refractivity contribution in [2.45, 2.75) is 46.8 Å². The van der Waals surface area contributed by atoms with E-state index in [1.165, 1.54) is 0 Å². The number of rotatable bonds is 5. The molecule has 0 saturated carbocycles. The van der Waals surface area contributed by atoms with Crippen LogP contribution >= 0.6 is 0 Å². The molecule has 0 fully saturated rings. The van der Waals surface area contributed by atoms with Gasteiger partial charge in [-0.1, -0.05) is 51.3 Å². The Kier molecular flexibility index (Phi) is 5.22. The number of aldehydes is 1. The minimum atomic E-state index is -1.08. The van der Waals surface area contributed by atoms with Gasteiger partial charge >= 0.3 is 0 Å². The first-order valence-corrected chi connectivity index (χ1v) is 9.06. The van der Waals surface area contributed by atoms with Crippen LogP contribution in [-0.2, 0) is 4.79 Å². The summed E-state index contributed by atoms with van der Waals surface area (Å²) < 4.78 is 0. The van der Waals surface area contributed by atoms with Crippen molar-refractivity contribution >= 4 is 14.4 Å². The molecule has 0 rings (SSSR count). The summed E-state index contributed by atoms with van der Waals surface area (Å²) in [5.74, 6) is 0. The molecule has 0 spiro atoms. The summed E-state index contributed by atoms with van der Waals surface area (Å²) in [6, 6.07) is 0. The minimum Gasteiger partial charge on any atom is -0.298 e. The van der Waals surface area contributed by atoms with Crippen LogP contribution < -0.4 is 0 Å². The molecule has 0 heterocycles. The van der Waals surface area contributed by atoms with Gasteiger partial charge < -0.3 is 0 Å². The smallest absolute Gasteiger partial charge is 0.145 e. The van der Waals surface area contributed by atoms with Crippen molar-refractivity contribution in [1.29, 1.82) is 0 Å². The van der Waals surface area contributed by atoms with Crippen molar-refractivity contribution in [3.8, 4) is 0 Å². The maximum absolute atomic E-state index is 10.5. The van der Waals surface area contributed by atoms with E-state index in [0.29, 0.717) is 0 Å². The molecule has 15 heavy (non-hydrogen) atoms. The number of carbonyl (C=O) groups is 1. The highest BCUT2D eigenvalue weighted by molar-refractivity contribution is 6.80. The van der Waals surface area contributed by atoms with E-state index in [4.69, 9.17) is 0 Å². The zero-order valence-electron chi connectivity index (χ0n) is 10.9. The standard InChI is InChI=1S/C13H24OSi/c1-12(11-14)10-13(2,3)8-7-9-15(4,5)6/h7,9-11H,8H2,1-6H3/b9-7+,12-10+. The maximum atomic E-state index is 10.5. The summed E-state index contributed by atoms with van der Waals surface area (Å²) >= 11 is 0. The van der Waals surface area contributed by atoms with Crippen molar-refractivity contribution in [3.63, 3.8) is 0 Å². The highest BCUT2D eigenvalue weighted by Gasteiger charge is 2.14. The molecule has 0 bridgehead atoms. The number of carbonyl (C=O) groups excluding carboxylic acids is 1. The van der Waals surface area contributed by atoms with Gasteiger partial charge in [0.1, 0.15) is 6.29 Å². The summed E-state index contributed by atoms with van der Waals surface area (Å²) in [7, 11) is -1.08. The Labute approximate surface area is 95.3 Å². The Morgan fingerprint density at radius 2 is 1.80 bits per heavy atom. The van der Waals surface area contributed by atoms with E-state index in [2.05, 4.69) is 51.3 Å². The lowest BCUT2D eigenvalue weighted by Gasteiger charge is -2.19. The molecule has 1 nitrogen and oxygen atoms in total. The first kappa shape index (κ1) is 14.4. The largest absolute Gasteiger partial charge is 0.298 e. The molecular weight excluding hydrogens is 200 g/mol. The fourth-order valence-corrected chi connectivity index (χ4v) is 2.25. The minimum absolute atomic E-state index is 0.0845. The lowest BCUT2D eigenvalue weighted by molar-refractivity contribution is -0.104. The van der Waals surface area contributed by atoms with Crippen LogP contribution in [0.1, 0.15) is 27.2 Å². The van der Waals surface area contributed by atoms with Gasteiger partial charge in [0, 0.05) is 0 Å². The van der Waals surface area contributed by atoms with E-state index in [9.17, 15) is 4.79 Å². The normalized spacial score (nSPS) is 14.7. The predicted octanol–water partition coefficient (Wildman–Crippen LogP) is 3.98. The van der Waals surface area contributed by atoms with Crippen LogP contribution in [0.3, 0.4) is 0 Å². The quantitative estimate of drug-likeness (QED) is 0.392. The van der Waals surface area contributed by atoms with Crippen molar-refractivity contribution in [2.75, 3.05) is 0 Å². The molecule has 0 aromatic heterocycles. The highest BCUT2D eigenvalue weighted by Crippen LogP contribution is 2.24. The first-order chi connectivity index (χ1) is 6.66. The van der Waals surface area contributed by atoms with E-state index < -0.39 is 8.07 Å².